The Morgan fingerprint density at radius 3 is 1.76 bits per heavy atom. The minimum Gasteiger partial charge on any atom is -0.506 e. The average molecular weight is 511 g/mol. The predicted molar refractivity (Wildman–Crippen MR) is 138 cm³/mol. The van der Waals surface area contributed by atoms with E-state index in [1.165, 1.54) is 32.4 Å². The number of nitrogens with zero attached hydrogens (tertiary/aromatic N) is 1. The number of benzene rings is 2. The van der Waals surface area contributed by atoms with E-state index in [2.05, 4.69) is 5.43 Å². The minimum absolute atomic E-state index is 0.0101. The maximum absolute atomic E-state index is 13.2. The second kappa shape index (κ2) is 14.6. The van der Waals surface area contributed by atoms with Crippen LogP contribution >= 0.6 is 0 Å². The number of carbonyl (C=O) groups excluding carboxylic acids is 3. The highest BCUT2D eigenvalue weighted by molar-refractivity contribution is 6.08. The van der Waals surface area contributed by atoms with Crippen molar-refractivity contribution in [3.63, 3.8) is 0 Å². The first kappa shape index (κ1) is 28.5. The maximum Gasteiger partial charge on any atom is 0.433 e. The van der Waals surface area contributed by atoms with Crippen molar-refractivity contribution in [3.8, 4) is 11.5 Å². The number of hydrogen-bond acceptors (Lipinski definition) is 8. The van der Waals surface area contributed by atoms with Crippen LogP contribution in [0.1, 0.15) is 25.0 Å². The molecule has 196 valence electrons. The normalized spacial score (nSPS) is 11.6. The number of hydrazine groups is 1. The van der Waals surface area contributed by atoms with Gasteiger partial charge in [0.1, 0.15) is 17.3 Å². The van der Waals surface area contributed by atoms with Gasteiger partial charge in [-0.3, -0.25) is 4.79 Å². The van der Waals surface area contributed by atoms with Crippen molar-refractivity contribution in [1.29, 1.82) is 0 Å². The van der Waals surface area contributed by atoms with Gasteiger partial charge in [-0.25, -0.2) is 15.0 Å². The smallest absolute Gasteiger partial charge is 0.433 e. The Hall–Kier alpha value is -4.73. The van der Waals surface area contributed by atoms with Gasteiger partial charge in [0.2, 0.25) is 5.78 Å². The Bertz CT molecular complexity index is 1150. The maximum atomic E-state index is 13.2. The van der Waals surface area contributed by atoms with Gasteiger partial charge >= 0.3 is 12.2 Å². The number of rotatable bonds is 10. The summed E-state index contributed by atoms with van der Waals surface area (Å²) >= 11 is 0. The van der Waals surface area contributed by atoms with E-state index in [4.69, 9.17) is 18.9 Å². The molecular formula is C27H30N2O8. The number of aliphatic hydroxyl groups excluding tert-OH is 1. The number of nitrogens with one attached hydrogen (secondary N) is 1. The van der Waals surface area contributed by atoms with Gasteiger partial charge in [0.25, 0.3) is 0 Å². The molecule has 0 bridgehead atoms. The molecule has 0 aromatic heterocycles. The molecule has 0 atom stereocenters. The Morgan fingerprint density at radius 1 is 0.811 bits per heavy atom. The first-order valence-electron chi connectivity index (χ1n) is 11.3. The van der Waals surface area contributed by atoms with E-state index in [1.54, 1.807) is 62.4 Å². The summed E-state index contributed by atoms with van der Waals surface area (Å²) in [5, 5.41) is 11.4. The van der Waals surface area contributed by atoms with Crippen molar-refractivity contribution < 1.29 is 38.4 Å². The van der Waals surface area contributed by atoms with Crippen LogP contribution in [0.15, 0.2) is 72.1 Å². The highest BCUT2D eigenvalue weighted by Crippen LogP contribution is 2.18. The van der Waals surface area contributed by atoms with Crippen molar-refractivity contribution in [1.82, 2.24) is 10.4 Å². The van der Waals surface area contributed by atoms with Gasteiger partial charge in [0.15, 0.2) is 5.70 Å². The van der Waals surface area contributed by atoms with Crippen LogP contribution in [0.5, 0.6) is 11.5 Å². The SMILES string of the molecule is CCOC(=O)NN(C(=O)OCC)/C(C(=O)/C=C/c1ccc(OC)cc1)=C(O)\C=C\c1ccc(OC)cc1. The molecule has 0 fully saturated rings. The van der Waals surface area contributed by atoms with Crippen LogP contribution in [0.2, 0.25) is 0 Å². The van der Waals surface area contributed by atoms with Crippen molar-refractivity contribution in [2.45, 2.75) is 13.8 Å². The monoisotopic (exact) mass is 510 g/mol. The molecule has 2 amide bonds. The zero-order chi connectivity index (χ0) is 27.2. The summed E-state index contributed by atoms with van der Waals surface area (Å²) in [4.78, 5) is 38.1. The zero-order valence-corrected chi connectivity index (χ0v) is 21.1. The summed E-state index contributed by atoms with van der Waals surface area (Å²) < 4.78 is 20.1. The van der Waals surface area contributed by atoms with E-state index in [9.17, 15) is 19.5 Å². The molecule has 0 spiro atoms. The fraction of sp³-hybridized carbons (Fsp3) is 0.222. The Morgan fingerprint density at radius 2 is 1.30 bits per heavy atom. The number of ketones is 1. The lowest BCUT2D eigenvalue weighted by Crippen LogP contribution is -2.48. The number of aliphatic hydroxyl groups is 1. The number of carbonyl (C=O) groups is 3. The van der Waals surface area contributed by atoms with E-state index in [-0.39, 0.29) is 13.2 Å². The summed E-state index contributed by atoms with van der Waals surface area (Å²) in [6.45, 7) is 3.09. The summed E-state index contributed by atoms with van der Waals surface area (Å²) in [7, 11) is 3.07. The van der Waals surface area contributed by atoms with Gasteiger partial charge < -0.3 is 24.1 Å². The Labute approximate surface area is 215 Å². The highest BCUT2D eigenvalue weighted by atomic mass is 16.6. The van der Waals surface area contributed by atoms with Crippen molar-refractivity contribution in [2.75, 3.05) is 27.4 Å². The van der Waals surface area contributed by atoms with Gasteiger partial charge in [-0.15, -0.1) is 0 Å². The number of ether oxygens (including phenoxy) is 4. The van der Waals surface area contributed by atoms with E-state index < -0.39 is 29.4 Å². The molecule has 10 nitrogen and oxygen atoms in total. The molecule has 0 saturated heterocycles. The third-order valence-electron chi connectivity index (χ3n) is 4.72. The molecule has 2 aromatic carbocycles. The van der Waals surface area contributed by atoms with E-state index in [1.807, 2.05) is 0 Å². The Balaban J connectivity index is 2.50. The number of methoxy groups -OCH3 is 2. The molecule has 0 saturated carbocycles. The fourth-order valence-electron chi connectivity index (χ4n) is 2.92. The van der Waals surface area contributed by atoms with E-state index >= 15 is 0 Å². The quantitative estimate of drug-likeness (QED) is 0.200. The van der Waals surface area contributed by atoms with Gasteiger partial charge in [-0.1, -0.05) is 36.4 Å². The van der Waals surface area contributed by atoms with Crippen LogP contribution in [0, 0.1) is 0 Å². The first-order valence-corrected chi connectivity index (χ1v) is 11.3. The Kier molecular flexibility index (Phi) is 11.3. The van der Waals surface area contributed by atoms with Crippen LogP contribution in [0.4, 0.5) is 9.59 Å². The summed E-state index contributed by atoms with van der Waals surface area (Å²) in [5.41, 5.74) is 2.92. The molecule has 0 aliphatic rings. The number of allylic oxidation sites excluding steroid dienone is 2. The second-order valence-corrected chi connectivity index (χ2v) is 7.18. The molecular weight excluding hydrogens is 480 g/mol. The molecule has 2 N–H and O–H groups in total. The van der Waals surface area contributed by atoms with Gasteiger partial charge in [-0.2, -0.15) is 5.01 Å². The molecule has 37 heavy (non-hydrogen) atoms. The lowest BCUT2D eigenvalue weighted by molar-refractivity contribution is -0.113. The lowest BCUT2D eigenvalue weighted by Gasteiger charge is -2.23. The van der Waals surface area contributed by atoms with Crippen LogP contribution < -0.4 is 14.9 Å². The number of amides is 2. The largest absolute Gasteiger partial charge is 0.506 e. The van der Waals surface area contributed by atoms with Crippen molar-refractivity contribution in [3.05, 3.63) is 83.3 Å². The van der Waals surface area contributed by atoms with E-state index in [0.29, 0.717) is 27.6 Å². The molecule has 0 aliphatic heterocycles. The minimum atomic E-state index is -1.10. The van der Waals surface area contributed by atoms with Crippen LogP contribution in [-0.4, -0.2) is 55.5 Å². The van der Waals surface area contributed by atoms with Crippen LogP contribution in [-0.2, 0) is 14.3 Å². The van der Waals surface area contributed by atoms with Crippen molar-refractivity contribution in [2.24, 2.45) is 0 Å². The molecule has 0 heterocycles. The summed E-state index contributed by atoms with van der Waals surface area (Å²) in [6, 6.07) is 13.8. The van der Waals surface area contributed by atoms with Crippen molar-refractivity contribution >= 4 is 30.1 Å². The number of hydrogen-bond donors (Lipinski definition) is 2. The zero-order valence-electron chi connectivity index (χ0n) is 21.1. The fourth-order valence-corrected chi connectivity index (χ4v) is 2.92. The van der Waals surface area contributed by atoms with Gasteiger partial charge in [-0.05, 0) is 61.4 Å². The molecule has 10 heteroatoms. The molecule has 0 aliphatic carbocycles. The second-order valence-electron chi connectivity index (χ2n) is 7.18. The third-order valence-corrected chi connectivity index (χ3v) is 4.72. The lowest BCUT2D eigenvalue weighted by atomic mass is 10.1. The average Bonchev–Trinajstić information content (AvgIpc) is 2.91. The molecule has 0 unspecified atom stereocenters. The van der Waals surface area contributed by atoms with Gasteiger partial charge in [0.05, 0.1) is 27.4 Å². The highest BCUT2D eigenvalue weighted by Gasteiger charge is 2.29. The van der Waals surface area contributed by atoms with E-state index in [0.717, 1.165) is 6.08 Å². The molecule has 2 rings (SSSR count). The summed E-state index contributed by atoms with van der Waals surface area (Å²) in [5.74, 6) is -0.122. The third kappa shape index (κ3) is 8.77. The summed E-state index contributed by atoms with van der Waals surface area (Å²) in [6.07, 6.45) is 3.25. The molecule has 0 radical (unpaired) electrons. The molecule has 2 aromatic rings. The van der Waals surface area contributed by atoms with Crippen LogP contribution in [0.3, 0.4) is 0 Å². The predicted octanol–water partition coefficient (Wildman–Crippen LogP) is 4.89. The van der Waals surface area contributed by atoms with Gasteiger partial charge in [0, 0.05) is 0 Å². The van der Waals surface area contributed by atoms with Crippen LogP contribution in [0.25, 0.3) is 12.2 Å². The first-order chi connectivity index (χ1) is 17.8. The topological polar surface area (TPSA) is 124 Å². The standard InChI is InChI=1S/C27H30N2O8/c1-5-36-26(32)28-29(27(33)37-6-2)25(23(30)17-11-19-7-13-21(34-3)14-8-19)24(31)18-12-20-9-15-22(35-4)16-10-20/h7-18,30H,5-6H2,1-4H3,(H,28,32)/b17-11+,18-12+,25-23+.